The second-order valence-electron chi connectivity index (χ2n) is 6.61. The van der Waals surface area contributed by atoms with Crippen LogP contribution in [0.4, 0.5) is 5.13 Å². The summed E-state index contributed by atoms with van der Waals surface area (Å²) in [6.07, 6.45) is 0. The normalized spacial score (nSPS) is 11.2. The predicted octanol–water partition coefficient (Wildman–Crippen LogP) is 6.35. The third kappa shape index (κ3) is 3.29. The molecule has 8 heteroatoms. The summed E-state index contributed by atoms with van der Waals surface area (Å²) in [6.45, 7) is 3.91. The predicted molar refractivity (Wildman–Crippen MR) is 122 cm³/mol. The van der Waals surface area contributed by atoms with Gasteiger partial charge in [0.2, 0.25) is 0 Å². The van der Waals surface area contributed by atoms with Crippen LogP contribution in [0.2, 0.25) is 0 Å². The molecular weight excluding hydrogens is 420 g/mol. The molecule has 4 heterocycles. The Morgan fingerprint density at radius 1 is 1.10 bits per heavy atom. The molecule has 0 fully saturated rings. The lowest BCUT2D eigenvalue weighted by molar-refractivity contribution is 0.103. The number of thiophene rings is 1. The van der Waals surface area contributed by atoms with Gasteiger partial charge in [-0.2, -0.15) is 11.3 Å². The van der Waals surface area contributed by atoms with Gasteiger partial charge in [-0.1, -0.05) is 18.2 Å². The molecule has 0 saturated heterocycles. The van der Waals surface area contributed by atoms with E-state index in [0.717, 1.165) is 44.1 Å². The van der Waals surface area contributed by atoms with Crippen molar-refractivity contribution in [2.75, 3.05) is 5.32 Å². The molecule has 0 radical (unpaired) electrons. The van der Waals surface area contributed by atoms with Crippen LogP contribution in [-0.2, 0) is 0 Å². The Balaban J connectivity index is 1.42. The van der Waals surface area contributed by atoms with Crippen LogP contribution in [0.5, 0.6) is 0 Å². The number of thiazole rings is 2. The van der Waals surface area contributed by atoms with Gasteiger partial charge < -0.3 is 4.98 Å². The van der Waals surface area contributed by atoms with Crippen molar-refractivity contribution < 1.29 is 4.79 Å². The number of aromatic nitrogens is 3. The fourth-order valence-electron chi connectivity index (χ4n) is 3.32. The minimum Gasteiger partial charge on any atom is -0.358 e. The molecule has 4 aromatic heterocycles. The fourth-order valence-corrected chi connectivity index (χ4v) is 5.69. The Hall–Kier alpha value is -2.81. The number of nitrogens with one attached hydrogen (secondary N) is 2. The standard InChI is InChI=1S/C21H16N4OS3/c1-11-17(14-5-3-4-6-15(14)22-11)16-10-28-21(24-16)25-19(26)18-12(2)23-20(29-18)13-7-8-27-9-13/h3-10,22H,1-2H3,(H,24,25,26). The van der Waals surface area contributed by atoms with Crippen LogP contribution in [0.25, 0.3) is 32.7 Å². The highest BCUT2D eigenvalue weighted by atomic mass is 32.1. The maximum absolute atomic E-state index is 12.8. The smallest absolute Gasteiger partial charge is 0.269 e. The van der Waals surface area contributed by atoms with Crippen LogP contribution >= 0.6 is 34.0 Å². The summed E-state index contributed by atoms with van der Waals surface area (Å²) in [5, 5.41) is 11.5. The number of hydrogen-bond acceptors (Lipinski definition) is 6. The highest BCUT2D eigenvalue weighted by Gasteiger charge is 2.19. The van der Waals surface area contributed by atoms with E-state index in [9.17, 15) is 4.79 Å². The summed E-state index contributed by atoms with van der Waals surface area (Å²) in [4.78, 5) is 26.0. The number of benzene rings is 1. The van der Waals surface area contributed by atoms with Crippen LogP contribution < -0.4 is 5.32 Å². The largest absolute Gasteiger partial charge is 0.358 e. The van der Waals surface area contributed by atoms with Crippen molar-refractivity contribution in [1.29, 1.82) is 0 Å². The molecular formula is C21H16N4OS3. The zero-order valence-electron chi connectivity index (χ0n) is 15.6. The fraction of sp³-hybridized carbons (Fsp3) is 0.0952. The van der Waals surface area contributed by atoms with Crippen molar-refractivity contribution in [1.82, 2.24) is 15.0 Å². The molecule has 0 aliphatic heterocycles. The van der Waals surface area contributed by atoms with Gasteiger partial charge in [0.05, 0.1) is 11.4 Å². The molecule has 5 nitrogen and oxygen atoms in total. The Labute approximate surface area is 179 Å². The lowest BCUT2D eigenvalue weighted by Gasteiger charge is -2.00. The van der Waals surface area contributed by atoms with Gasteiger partial charge in [-0.15, -0.1) is 22.7 Å². The number of H-pyrrole nitrogens is 1. The molecule has 0 bridgehead atoms. The van der Waals surface area contributed by atoms with Crippen LogP contribution in [0.3, 0.4) is 0 Å². The zero-order valence-corrected chi connectivity index (χ0v) is 18.1. The number of carbonyl (C=O) groups is 1. The maximum atomic E-state index is 12.8. The molecule has 29 heavy (non-hydrogen) atoms. The second-order valence-corrected chi connectivity index (χ2v) is 9.25. The number of fused-ring (bicyclic) bond motifs is 1. The number of aromatic amines is 1. The van der Waals surface area contributed by atoms with E-state index in [-0.39, 0.29) is 5.91 Å². The van der Waals surface area contributed by atoms with E-state index in [1.807, 2.05) is 48.2 Å². The number of amides is 1. The minimum absolute atomic E-state index is 0.168. The monoisotopic (exact) mass is 436 g/mol. The van der Waals surface area contributed by atoms with Crippen LogP contribution in [0.15, 0.2) is 46.5 Å². The molecule has 2 N–H and O–H groups in total. The van der Waals surface area contributed by atoms with Gasteiger partial charge in [-0.25, -0.2) is 9.97 Å². The average molecular weight is 437 g/mol. The van der Waals surface area contributed by atoms with Gasteiger partial charge in [0.25, 0.3) is 5.91 Å². The number of aryl methyl sites for hydroxylation is 2. The summed E-state index contributed by atoms with van der Waals surface area (Å²) in [5.41, 5.74) is 5.87. The van der Waals surface area contributed by atoms with E-state index < -0.39 is 0 Å². The number of rotatable bonds is 4. The number of carbonyl (C=O) groups excluding carboxylic acids is 1. The highest BCUT2D eigenvalue weighted by molar-refractivity contribution is 7.18. The molecule has 5 rings (SSSR count). The highest BCUT2D eigenvalue weighted by Crippen LogP contribution is 2.34. The molecule has 0 saturated carbocycles. The van der Waals surface area contributed by atoms with Crippen molar-refractivity contribution in [3.63, 3.8) is 0 Å². The van der Waals surface area contributed by atoms with E-state index in [4.69, 9.17) is 0 Å². The molecule has 0 spiro atoms. The molecule has 0 atom stereocenters. The van der Waals surface area contributed by atoms with E-state index >= 15 is 0 Å². The van der Waals surface area contributed by atoms with Crippen molar-refractivity contribution in [3.05, 3.63) is 62.7 Å². The summed E-state index contributed by atoms with van der Waals surface area (Å²) >= 11 is 4.46. The first-order chi connectivity index (χ1) is 14.1. The zero-order chi connectivity index (χ0) is 20.0. The minimum atomic E-state index is -0.168. The first-order valence-electron chi connectivity index (χ1n) is 8.94. The van der Waals surface area contributed by atoms with Gasteiger partial charge >= 0.3 is 0 Å². The maximum Gasteiger partial charge on any atom is 0.269 e. The Morgan fingerprint density at radius 3 is 2.79 bits per heavy atom. The van der Waals surface area contributed by atoms with E-state index in [1.165, 1.54) is 22.7 Å². The first-order valence-corrected chi connectivity index (χ1v) is 11.6. The average Bonchev–Trinajstić information content (AvgIpc) is 3.46. The van der Waals surface area contributed by atoms with Gasteiger partial charge in [0.15, 0.2) is 5.13 Å². The van der Waals surface area contributed by atoms with Crippen molar-refractivity contribution in [3.8, 4) is 21.8 Å². The second kappa shape index (κ2) is 7.22. The van der Waals surface area contributed by atoms with Gasteiger partial charge in [0.1, 0.15) is 9.88 Å². The molecule has 0 unspecified atom stereocenters. The Kier molecular flexibility index (Phi) is 4.54. The van der Waals surface area contributed by atoms with E-state index in [2.05, 4.69) is 32.4 Å². The summed E-state index contributed by atoms with van der Waals surface area (Å²) in [7, 11) is 0. The quantitative estimate of drug-likeness (QED) is 0.345. The van der Waals surface area contributed by atoms with Crippen LogP contribution in [0.1, 0.15) is 21.1 Å². The summed E-state index contributed by atoms with van der Waals surface area (Å²) in [5.74, 6) is -0.168. The molecule has 5 aromatic rings. The van der Waals surface area contributed by atoms with Crippen LogP contribution in [-0.4, -0.2) is 20.9 Å². The SMILES string of the molecule is Cc1nc(-c2ccsc2)sc1C(=O)Nc1nc(-c2c(C)[nH]c3ccccc23)cs1. The Bertz CT molecular complexity index is 1330. The first kappa shape index (κ1) is 18.2. The topological polar surface area (TPSA) is 70.7 Å². The number of nitrogens with zero attached hydrogens (tertiary/aromatic N) is 2. The van der Waals surface area contributed by atoms with Crippen molar-refractivity contribution in [2.24, 2.45) is 0 Å². The molecule has 144 valence electrons. The third-order valence-corrected chi connectivity index (χ3v) is 7.29. The Morgan fingerprint density at radius 2 is 1.97 bits per heavy atom. The van der Waals surface area contributed by atoms with Gasteiger partial charge in [0, 0.05) is 38.5 Å². The van der Waals surface area contributed by atoms with Crippen molar-refractivity contribution in [2.45, 2.75) is 13.8 Å². The molecule has 1 aromatic carbocycles. The van der Waals surface area contributed by atoms with E-state index in [1.54, 1.807) is 11.3 Å². The molecule has 1 amide bonds. The lowest BCUT2D eigenvalue weighted by atomic mass is 10.1. The summed E-state index contributed by atoms with van der Waals surface area (Å²) < 4.78 is 0. The van der Waals surface area contributed by atoms with Gasteiger partial charge in [-0.05, 0) is 31.4 Å². The summed E-state index contributed by atoms with van der Waals surface area (Å²) in [6, 6.07) is 10.2. The van der Waals surface area contributed by atoms with Crippen LogP contribution in [0, 0.1) is 13.8 Å². The number of hydrogen-bond donors (Lipinski definition) is 2. The molecule has 0 aliphatic rings. The van der Waals surface area contributed by atoms with E-state index in [0.29, 0.717) is 10.0 Å². The number of para-hydroxylation sites is 1. The third-order valence-electron chi connectivity index (χ3n) is 4.65. The molecule has 0 aliphatic carbocycles. The van der Waals surface area contributed by atoms with Crippen molar-refractivity contribution >= 4 is 56.0 Å². The number of anilines is 1. The van der Waals surface area contributed by atoms with Gasteiger partial charge in [-0.3, -0.25) is 10.1 Å². The lowest BCUT2D eigenvalue weighted by Crippen LogP contribution is -2.11.